The number of β-amino-alcohol motifs (C(OH)–C–C–N with tert-alkyl or cyclic N) is 1. The van der Waals surface area contributed by atoms with Gasteiger partial charge >= 0.3 is 0 Å². The second kappa shape index (κ2) is 6.41. The molecular formula is C20H31N3O. The molecule has 3 aliphatic rings. The first-order valence-electron chi connectivity index (χ1n) is 9.47. The largest absolute Gasteiger partial charge is 0.392 e. The maximum absolute atomic E-state index is 10.2. The normalized spacial score (nSPS) is 30.7. The van der Waals surface area contributed by atoms with Crippen molar-refractivity contribution in [3.8, 4) is 0 Å². The molecule has 0 bridgehead atoms. The molecule has 1 N–H and O–H groups in total. The average Bonchev–Trinajstić information content (AvgIpc) is 2.87. The van der Waals surface area contributed by atoms with Crippen LogP contribution in [0, 0.1) is 5.92 Å². The molecule has 3 fully saturated rings. The lowest BCUT2D eigenvalue weighted by molar-refractivity contribution is -0.117. The van der Waals surface area contributed by atoms with Gasteiger partial charge in [0.15, 0.2) is 0 Å². The van der Waals surface area contributed by atoms with Gasteiger partial charge in [0.25, 0.3) is 0 Å². The van der Waals surface area contributed by atoms with E-state index in [1.165, 1.54) is 18.7 Å². The number of aliphatic hydroxyl groups excluding tert-OH is 1. The molecule has 2 atom stereocenters. The lowest BCUT2D eigenvalue weighted by atomic mass is 9.83. The van der Waals surface area contributed by atoms with Gasteiger partial charge in [-0.1, -0.05) is 44.2 Å². The van der Waals surface area contributed by atoms with Crippen molar-refractivity contribution < 1.29 is 5.11 Å². The first-order chi connectivity index (χ1) is 11.5. The van der Waals surface area contributed by atoms with Gasteiger partial charge in [-0.05, 0) is 17.9 Å². The van der Waals surface area contributed by atoms with Crippen LogP contribution in [0.3, 0.4) is 0 Å². The zero-order chi connectivity index (χ0) is 16.7. The van der Waals surface area contributed by atoms with E-state index >= 15 is 0 Å². The van der Waals surface area contributed by atoms with Crippen LogP contribution in [0.5, 0.6) is 0 Å². The SMILES string of the molecule is CC(C)CN1CC2CC(O)CN2C2(C1)CN(Cc1ccccc1)C2. The highest BCUT2D eigenvalue weighted by molar-refractivity contribution is 5.18. The Hall–Kier alpha value is -0.940. The van der Waals surface area contributed by atoms with Crippen LogP contribution in [-0.4, -0.2) is 76.8 Å². The number of nitrogens with zero attached hydrogens (tertiary/aromatic N) is 3. The summed E-state index contributed by atoms with van der Waals surface area (Å²) < 4.78 is 0. The number of benzene rings is 1. The van der Waals surface area contributed by atoms with Gasteiger partial charge in [0.05, 0.1) is 11.6 Å². The molecule has 1 spiro atoms. The summed E-state index contributed by atoms with van der Waals surface area (Å²) in [6, 6.07) is 11.3. The van der Waals surface area contributed by atoms with Gasteiger partial charge in [-0.2, -0.15) is 0 Å². The topological polar surface area (TPSA) is 30.0 Å². The van der Waals surface area contributed by atoms with Gasteiger partial charge in [0.1, 0.15) is 0 Å². The van der Waals surface area contributed by atoms with E-state index in [1.807, 2.05) is 0 Å². The molecule has 4 heteroatoms. The molecule has 0 amide bonds. The standard InChI is InChI=1S/C20H31N3O/c1-16(2)9-21-11-18-8-19(24)12-23(18)20(13-21)14-22(15-20)10-17-6-4-3-5-7-17/h3-7,16,18-19,24H,8-15H2,1-2H3. The van der Waals surface area contributed by atoms with Gasteiger partial charge < -0.3 is 5.11 Å². The average molecular weight is 329 g/mol. The Kier molecular flexibility index (Phi) is 4.42. The second-order valence-corrected chi connectivity index (χ2v) is 8.64. The third-order valence-corrected chi connectivity index (χ3v) is 5.90. The highest BCUT2D eigenvalue weighted by atomic mass is 16.3. The maximum atomic E-state index is 10.2. The number of hydrogen-bond donors (Lipinski definition) is 1. The number of piperazine rings is 1. The minimum atomic E-state index is -0.131. The number of likely N-dealkylation sites (tertiary alicyclic amines) is 1. The molecule has 1 aromatic carbocycles. The molecule has 3 heterocycles. The molecule has 3 saturated heterocycles. The van der Waals surface area contributed by atoms with Crippen LogP contribution in [0.2, 0.25) is 0 Å². The summed E-state index contributed by atoms with van der Waals surface area (Å²) in [7, 11) is 0. The van der Waals surface area contributed by atoms with E-state index in [-0.39, 0.29) is 11.6 Å². The number of hydrogen-bond acceptors (Lipinski definition) is 4. The van der Waals surface area contributed by atoms with Crippen molar-refractivity contribution in [2.45, 2.75) is 44.5 Å². The van der Waals surface area contributed by atoms with Crippen LogP contribution in [-0.2, 0) is 6.54 Å². The van der Waals surface area contributed by atoms with Crippen molar-refractivity contribution in [1.82, 2.24) is 14.7 Å². The monoisotopic (exact) mass is 329 g/mol. The molecule has 24 heavy (non-hydrogen) atoms. The van der Waals surface area contributed by atoms with Gasteiger partial charge in [-0.3, -0.25) is 14.7 Å². The highest BCUT2D eigenvalue weighted by Gasteiger charge is 2.55. The third-order valence-electron chi connectivity index (χ3n) is 5.90. The predicted molar refractivity (Wildman–Crippen MR) is 96.8 cm³/mol. The van der Waals surface area contributed by atoms with Crippen LogP contribution >= 0.6 is 0 Å². The number of fused-ring (bicyclic) bond motifs is 2. The van der Waals surface area contributed by atoms with Gasteiger partial charge in [0.2, 0.25) is 0 Å². The first-order valence-corrected chi connectivity index (χ1v) is 9.47. The van der Waals surface area contributed by atoms with Crippen LogP contribution < -0.4 is 0 Å². The van der Waals surface area contributed by atoms with E-state index < -0.39 is 0 Å². The summed E-state index contributed by atoms with van der Waals surface area (Å²) in [5.41, 5.74) is 1.67. The molecule has 0 aliphatic carbocycles. The van der Waals surface area contributed by atoms with E-state index in [1.54, 1.807) is 0 Å². The quantitative estimate of drug-likeness (QED) is 0.910. The molecule has 132 valence electrons. The van der Waals surface area contributed by atoms with E-state index in [9.17, 15) is 5.11 Å². The summed E-state index contributed by atoms with van der Waals surface area (Å²) in [6.45, 7) is 12.3. The maximum Gasteiger partial charge on any atom is 0.0682 e. The summed E-state index contributed by atoms with van der Waals surface area (Å²) >= 11 is 0. The van der Waals surface area contributed by atoms with Gasteiger partial charge in [0, 0.05) is 51.9 Å². The first kappa shape index (κ1) is 16.5. The molecule has 1 aromatic rings. The Morgan fingerprint density at radius 2 is 1.79 bits per heavy atom. The van der Waals surface area contributed by atoms with Gasteiger partial charge in [-0.25, -0.2) is 0 Å². The van der Waals surface area contributed by atoms with Crippen molar-refractivity contribution in [2.24, 2.45) is 5.92 Å². The molecule has 2 unspecified atom stereocenters. The Morgan fingerprint density at radius 1 is 1.08 bits per heavy atom. The van der Waals surface area contributed by atoms with E-state index in [0.717, 1.165) is 39.1 Å². The molecule has 4 nitrogen and oxygen atoms in total. The Morgan fingerprint density at radius 3 is 2.50 bits per heavy atom. The van der Waals surface area contributed by atoms with Crippen molar-refractivity contribution in [2.75, 3.05) is 39.3 Å². The lowest BCUT2D eigenvalue weighted by Crippen LogP contribution is -2.77. The highest BCUT2D eigenvalue weighted by Crippen LogP contribution is 2.39. The summed E-state index contributed by atoms with van der Waals surface area (Å²) in [6.07, 6.45) is 0.823. The lowest BCUT2D eigenvalue weighted by Gasteiger charge is -2.61. The van der Waals surface area contributed by atoms with Crippen LogP contribution in [0.4, 0.5) is 0 Å². The Labute approximate surface area is 146 Å². The van der Waals surface area contributed by atoms with Crippen molar-refractivity contribution >= 4 is 0 Å². The third kappa shape index (κ3) is 3.13. The minimum absolute atomic E-state index is 0.131. The summed E-state index contributed by atoms with van der Waals surface area (Å²) in [5, 5.41) is 10.2. The van der Waals surface area contributed by atoms with Crippen LogP contribution in [0.15, 0.2) is 30.3 Å². The minimum Gasteiger partial charge on any atom is -0.392 e. The van der Waals surface area contributed by atoms with Crippen molar-refractivity contribution in [3.05, 3.63) is 35.9 Å². The predicted octanol–water partition coefficient (Wildman–Crippen LogP) is 1.65. The van der Waals surface area contributed by atoms with E-state index in [4.69, 9.17) is 0 Å². The van der Waals surface area contributed by atoms with E-state index in [2.05, 4.69) is 58.9 Å². The Balaban J connectivity index is 1.44. The molecule has 3 aliphatic heterocycles. The second-order valence-electron chi connectivity index (χ2n) is 8.64. The van der Waals surface area contributed by atoms with E-state index in [0.29, 0.717) is 12.0 Å². The smallest absolute Gasteiger partial charge is 0.0682 e. The summed E-state index contributed by atoms with van der Waals surface area (Å²) in [5.74, 6) is 0.709. The fraction of sp³-hybridized carbons (Fsp3) is 0.700. The van der Waals surface area contributed by atoms with Gasteiger partial charge in [-0.15, -0.1) is 0 Å². The molecule has 4 rings (SSSR count). The van der Waals surface area contributed by atoms with Crippen LogP contribution in [0.25, 0.3) is 0 Å². The molecule has 0 radical (unpaired) electrons. The molecular weight excluding hydrogens is 298 g/mol. The summed E-state index contributed by atoms with van der Waals surface area (Å²) in [4.78, 5) is 7.87. The fourth-order valence-electron chi connectivity index (χ4n) is 5.19. The zero-order valence-electron chi connectivity index (χ0n) is 15.1. The number of rotatable bonds is 4. The van der Waals surface area contributed by atoms with Crippen molar-refractivity contribution in [1.29, 1.82) is 0 Å². The Bertz CT molecular complexity index is 555. The number of aliphatic hydroxyl groups is 1. The van der Waals surface area contributed by atoms with Crippen LogP contribution in [0.1, 0.15) is 25.8 Å². The van der Waals surface area contributed by atoms with Crippen molar-refractivity contribution in [3.63, 3.8) is 0 Å². The zero-order valence-corrected chi connectivity index (χ0v) is 15.1. The molecule has 0 saturated carbocycles. The fourth-order valence-corrected chi connectivity index (χ4v) is 5.19. The molecule has 0 aromatic heterocycles.